The Labute approximate surface area is 99.3 Å². The van der Waals surface area contributed by atoms with Gasteiger partial charge in [0.1, 0.15) is 0 Å². The SMILES string of the molecule is Nc1c2ccccc2c(S)c2ccccc12. The Bertz CT molecular complexity index is 572. The van der Waals surface area contributed by atoms with Gasteiger partial charge in [0, 0.05) is 21.4 Å². The van der Waals surface area contributed by atoms with Gasteiger partial charge in [-0.3, -0.25) is 0 Å². The fraction of sp³-hybridized carbons (Fsp3) is 0. The van der Waals surface area contributed by atoms with Crippen molar-refractivity contribution < 1.29 is 0 Å². The number of nitrogens with two attached hydrogens (primary N) is 1. The third kappa shape index (κ3) is 1.20. The van der Waals surface area contributed by atoms with Gasteiger partial charge in [-0.25, -0.2) is 0 Å². The molecule has 0 heterocycles. The zero-order valence-corrected chi connectivity index (χ0v) is 9.54. The summed E-state index contributed by atoms with van der Waals surface area (Å²) >= 11 is 4.61. The summed E-state index contributed by atoms with van der Waals surface area (Å²) in [5.74, 6) is 0. The van der Waals surface area contributed by atoms with Crippen molar-refractivity contribution in [2.24, 2.45) is 0 Å². The molecule has 0 fully saturated rings. The van der Waals surface area contributed by atoms with Crippen LogP contribution in [0.1, 0.15) is 0 Å². The summed E-state index contributed by atoms with van der Waals surface area (Å²) in [7, 11) is 0. The highest BCUT2D eigenvalue weighted by Crippen LogP contribution is 2.36. The molecule has 0 atom stereocenters. The van der Waals surface area contributed by atoms with Gasteiger partial charge in [-0.2, -0.15) is 0 Å². The van der Waals surface area contributed by atoms with Crippen LogP contribution in [0.25, 0.3) is 21.5 Å². The topological polar surface area (TPSA) is 26.0 Å². The number of nitrogen functional groups attached to an aromatic ring is 1. The molecule has 0 radical (unpaired) electrons. The Kier molecular flexibility index (Phi) is 2.04. The van der Waals surface area contributed by atoms with Gasteiger partial charge < -0.3 is 5.73 Å². The Morgan fingerprint density at radius 1 is 0.688 bits per heavy atom. The number of fused-ring (bicyclic) bond motifs is 2. The van der Waals surface area contributed by atoms with Crippen LogP contribution < -0.4 is 5.73 Å². The van der Waals surface area contributed by atoms with Crippen LogP contribution >= 0.6 is 12.6 Å². The molecule has 0 saturated carbocycles. The van der Waals surface area contributed by atoms with Crippen molar-refractivity contribution in [1.82, 2.24) is 0 Å². The van der Waals surface area contributed by atoms with Gasteiger partial charge in [-0.05, 0) is 10.8 Å². The zero-order chi connectivity index (χ0) is 11.1. The van der Waals surface area contributed by atoms with E-state index in [0.717, 1.165) is 32.1 Å². The highest BCUT2D eigenvalue weighted by atomic mass is 32.1. The van der Waals surface area contributed by atoms with E-state index in [1.807, 2.05) is 36.4 Å². The maximum atomic E-state index is 6.19. The van der Waals surface area contributed by atoms with E-state index in [9.17, 15) is 0 Å². The third-order valence-electron chi connectivity index (χ3n) is 2.94. The molecule has 2 N–H and O–H groups in total. The summed E-state index contributed by atoms with van der Waals surface area (Å²) in [6, 6.07) is 16.2. The predicted octanol–water partition coefficient (Wildman–Crippen LogP) is 3.86. The minimum absolute atomic E-state index is 0.837. The van der Waals surface area contributed by atoms with Gasteiger partial charge in [-0.1, -0.05) is 48.5 Å². The lowest BCUT2D eigenvalue weighted by molar-refractivity contribution is 1.63. The molecule has 3 aromatic carbocycles. The first-order valence-electron chi connectivity index (χ1n) is 5.17. The van der Waals surface area contributed by atoms with Gasteiger partial charge in [0.05, 0.1) is 0 Å². The van der Waals surface area contributed by atoms with Gasteiger partial charge in [-0.15, -0.1) is 12.6 Å². The molecule has 1 nitrogen and oxygen atoms in total. The minimum atomic E-state index is 0.837. The van der Waals surface area contributed by atoms with Crippen molar-refractivity contribution in [3.63, 3.8) is 0 Å². The smallest absolute Gasteiger partial charge is 0.0474 e. The molecule has 0 spiro atoms. The molecular weight excluding hydrogens is 214 g/mol. The van der Waals surface area contributed by atoms with Crippen molar-refractivity contribution in [2.75, 3.05) is 5.73 Å². The summed E-state index contributed by atoms with van der Waals surface area (Å²) < 4.78 is 0. The molecule has 0 amide bonds. The highest BCUT2D eigenvalue weighted by molar-refractivity contribution is 7.80. The molecule has 0 aromatic heterocycles. The first-order valence-corrected chi connectivity index (χ1v) is 5.61. The van der Waals surface area contributed by atoms with Crippen molar-refractivity contribution in [1.29, 1.82) is 0 Å². The van der Waals surface area contributed by atoms with Crippen molar-refractivity contribution >= 4 is 39.9 Å². The lowest BCUT2D eigenvalue weighted by atomic mass is 10.0. The maximum absolute atomic E-state index is 6.19. The number of benzene rings is 3. The molecule has 0 aliphatic heterocycles. The van der Waals surface area contributed by atoms with Crippen LogP contribution in [0.4, 0.5) is 5.69 Å². The quantitative estimate of drug-likeness (QED) is 0.339. The number of anilines is 1. The summed E-state index contributed by atoms with van der Waals surface area (Å²) in [6.45, 7) is 0. The second-order valence-electron chi connectivity index (χ2n) is 3.85. The van der Waals surface area contributed by atoms with Crippen LogP contribution in [0.15, 0.2) is 53.4 Å². The van der Waals surface area contributed by atoms with E-state index in [0.29, 0.717) is 0 Å². The van der Waals surface area contributed by atoms with Crippen LogP contribution in [0.3, 0.4) is 0 Å². The molecule has 3 aromatic rings. The Hall–Kier alpha value is -1.67. The van der Waals surface area contributed by atoms with Crippen LogP contribution in [0, 0.1) is 0 Å². The summed E-state index contributed by atoms with van der Waals surface area (Å²) in [5.41, 5.74) is 7.03. The fourth-order valence-corrected chi connectivity index (χ4v) is 2.53. The molecule has 0 bridgehead atoms. The summed E-state index contributed by atoms with van der Waals surface area (Å²) in [5, 5.41) is 4.38. The van der Waals surface area contributed by atoms with E-state index in [4.69, 9.17) is 5.73 Å². The van der Waals surface area contributed by atoms with Gasteiger partial charge >= 0.3 is 0 Å². The standard InChI is InChI=1S/C14H11NS/c15-13-9-5-1-3-7-11(9)14(16)12-8-4-2-6-10(12)13/h1-8,16H,15H2. The number of thiol groups is 1. The van der Waals surface area contributed by atoms with Crippen LogP contribution in [-0.2, 0) is 0 Å². The highest BCUT2D eigenvalue weighted by Gasteiger charge is 2.07. The third-order valence-corrected chi connectivity index (χ3v) is 3.43. The van der Waals surface area contributed by atoms with Crippen molar-refractivity contribution in [3.8, 4) is 0 Å². The molecule has 16 heavy (non-hydrogen) atoms. The molecule has 0 aliphatic rings. The first-order chi connectivity index (χ1) is 7.79. The van der Waals surface area contributed by atoms with Crippen molar-refractivity contribution in [2.45, 2.75) is 4.90 Å². The Morgan fingerprint density at radius 3 is 1.50 bits per heavy atom. The number of rotatable bonds is 0. The first kappa shape index (κ1) is 9.55. The average Bonchev–Trinajstić information content (AvgIpc) is 2.36. The van der Waals surface area contributed by atoms with Gasteiger partial charge in [0.15, 0.2) is 0 Å². The van der Waals surface area contributed by atoms with E-state index >= 15 is 0 Å². The van der Waals surface area contributed by atoms with Crippen LogP contribution in [0.5, 0.6) is 0 Å². The Balaban J connectivity index is 2.67. The molecule has 0 aliphatic carbocycles. The number of hydrogen-bond donors (Lipinski definition) is 2. The molecule has 78 valence electrons. The zero-order valence-electron chi connectivity index (χ0n) is 8.64. The average molecular weight is 225 g/mol. The van der Waals surface area contributed by atoms with E-state index in [1.54, 1.807) is 0 Å². The number of hydrogen-bond acceptors (Lipinski definition) is 2. The molecular formula is C14H11NS. The van der Waals surface area contributed by atoms with Crippen LogP contribution in [-0.4, -0.2) is 0 Å². The molecule has 3 rings (SSSR count). The summed E-state index contributed by atoms with van der Waals surface area (Å²) in [4.78, 5) is 1.00. The Morgan fingerprint density at radius 2 is 1.06 bits per heavy atom. The predicted molar refractivity (Wildman–Crippen MR) is 73.1 cm³/mol. The van der Waals surface area contributed by atoms with E-state index in [-0.39, 0.29) is 0 Å². The van der Waals surface area contributed by atoms with Gasteiger partial charge in [0.2, 0.25) is 0 Å². The van der Waals surface area contributed by atoms with E-state index in [2.05, 4.69) is 24.8 Å². The molecule has 0 saturated heterocycles. The van der Waals surface area contributed by atoms with Gasteiger partial charge in [0.25, 0.3) is 0 Å². The van der Waals surface area contributed by atoms with E-state index in [1.165, 1.54) is 0 Å². The second kappa shape index (κ2) is 3.42. The normalized spacial score (nSPS) is 11.1. The molecule has 0 unspecified atom stereocenters. The lowest BCUT2D eigenvalue weighted by Gasteiger charge is -2.10. The second-order valence-corrected chi connectivity index (χ2v) is 4.30. The lowest BCUT2D eigenvalue weighted by Crippen LogP contribution is -1.90. The minimum Gasteiger partial charge on any atom is -0.398 e. The maximum Gasteiger partial charge on any atom is 0.0474 e. The largest absolute Gasteiger partial charge is 0.398 e. The monoisotopic (exact) mass is 225 g/mol. The van der Waals surface area contributed by atoms with Crippen LogP contribution in [0.2, 0.25) is 0 Å². The van der Waals surface area contributed by atoms with E-state index < -0.39 is 0 Å². The fourth-order valence-electron chi connectivity index (χ4n) is 2.14. The van der Waals surface area contributed by atoms with Crippen molar-refractivity contribution in [3.05, 3.63) is 48.5 Å². The summed E-state index contributed by atoms with van der Waals surface area (Å²) in [6.07, 6.45) is 0. The molecule has 2 heteroatoms.